The lowest BCUT2D eigenvalue weighted by atomic mass is 10.2. The van der Waals surface area contributed by atoms with E-state index < -0.39 is 11.9 Å². The van der Waals surface area contributed by atoms with Gasteiger partial charge in [0.2, 0.25) is 5.91 Å². The lowest BCUT2D eigenvalue weighted by molar-refractivity contribution is -0.119. The van der Waals surface area contributed by atoms with Crippen LogP contribution in [-0.2, 0) is 9.59 Å². The second-order valence-corrected chi connectivity index (χ2v) is 1.75. The third kappa shape index (κ3) is 2.26. The summed E-state index contributed by atoms with van der Waals surface area (Å²) in [4.78, 5) is 34.1. The fourth-order valence-corrected chi connectivity index (χ4v) is 0.594. The number of imide groups is 1. The molecule has 6 heteroatoms. The van der Waals surface area contributed by atoms with Gasteiger partial charge in [-0.05, 0) is 0 Å². The van der Waals surface area contributed by atoms with E-state index in [1.165, 1.54) is 0 Å². The maximum absolute atomic E-state index is 10.5. The summed E-state index contributed by atoms with van der Waals surface area (Å²) in [6.07, 6.45) is 0.297. The maximum Gasteiger partial charge on any atom is 0.347 e. The van der Waals surface area contributed by atoms with Crippen LogP contribution in [0.5, 0.6) is 0 Å². The second kappa shape index (κ2) is 3.57. The van der Waals surface area contributed by atoms with Crippen LogP contribution in [0.3, 0.4) is 0 Å². The Labute approximate surface area is 61.6 Å². The van der Waals surface area contributed by atoms with Crippen LogP contribution in [0.4, 0.5) is 4.79 Å². The summed E-state index contributed by atoms with van der Waals surface area (Å²) in [5, 5.41) is 1.92. The Hall–Kier alpha value is -1.56. The van der Waals surface area contributed by atoms with Crippen LogP contribution >= 0.6 is 0 Å². The Morgan fingerprint density at radius 1 is 1.45 bits per heavy atom. The van der Waals surface area contributed by atoms with Crippen LogP contribution in [-0.4, -0.2) is 29.4 Å². The van der Waals surface area contributed by atoms with Gasteiger partial charge in [-0.15, -0.1) is 0 Å². The van der Waals surface area contributed by atoms with Crippen molar-refractivity contribution < 1.29 is 19.9 Å². The molecule has 0 saturated carbocycles. The van der Waals surface area contributed by atoms with Gasteiger partial charge < -0.3 is 5.48 Å². The van der Waals surface area contributed by atoms with E-state index in [0.717, 1.165) is 0 Å². The SMILES string of the molecule is O.O=CC1=NC(=O)NC(=O)C1. The van der Waals surface area contributed by atoms with E-state index in [-0.39, 0.29) is 17.6 Å². The Balaban J connectivity index is 0.000001000. The molecule has 3 amide bonds. The Morgan fingerprint density at radius 2 is 2.09 bits per heavy atom. The van der Waals surface area contributed by atoms with Crippen molar-refractivity contribution in [2.24, 2.45) is 4.99 Å². The summed E-state index contributed by atoms with van der Waals surface area (Å²) in [7, 11) is 0. The van der Waals surface area contributed by atoms with Crippen LogP contribution in [0.15, 0.2) is 4.99 Å². The van der Waals surface area contributed by atoms with Crippen LogP contribution < -0.4 is 5.32 Å². The highest BCUT2D eigenvalue weighted by molar-refractivity contribution is 6.36. The predicted octanol–water partition coefficient (Wildman–Crippen LogP) is -1.56. The molecule has 0 atom stereocenters. The molecule has 1 aliphatic heterocycles. The molecule has 1 rings (SSSR count). The monoisotopic (exact) mass is 158 g/mol. The first kappa shape index (κ1) is 9.44. The maximum atomic E-state index is 10.5. The van der Waals surface area contributed by atoms with Crippen molar-refractivity contribution in [3.05, 3.63) is 0 Å². The highest BCUT2D eigenvalue weighted by Crippen LogP contribution is 1.92. The number of urea groups is 1. The minimum absolute atomic E-state index is 0. The molecule has 60 valence electrons. The zero-order valence-corrected chi connectivity index (χ0v) is 5.46. The normalized spacial score (nSPS) is 16.2. The fourth-order valence-electron chi connectivity index (χ4n) is 0.594. The molecular formula is C5H6N2O4. The van der Waals surface area contributed by atoms with Gasteiger partial charge >= 0.3 is 6.03 Å². The molecule has 0 radical (unpaired) electrons. The molecule has 0 aliphatic carbocycles. The predicted molar refractivity (Wildman–Crippen MR) is 35.3 cm³/mol. The summed E-state index contributed by atoms with van der Waals surface area (Å²) in [6, 6.07) is -0.765. The minimum Gasteiger partial charge on any atom is -0.412 e. The average Bonchev–Trinajstić information content (AvgIpc) is 1.85. The first-order chi connectivity index (χ1) is 4.72. The number of hydrogen-bond donors (Lipinski definition) is 1. The molecule has 1 aliphatic rings. The summed E-state index contributed by atoms with van der Waals surface area (Å²) in [5.74, 6) is -0.484. The quantitative estimate of drug-likeness (QED) is 0.466. The van der Waals surface area contributed by atoms with Gasteiger partial charge in [-0.1, -0.05) is 0 Å². The summed E-state index contributed by atoms with van der Waals surface area (Å²) >= 11 is 0. The minimum atomic E-state index is -0.765. The molecule has 0 bridgehead atoms. The highest BCUT2D eigenvalue weighted by Gasteiger charge is 2.16. The first-order valence-corrected chi connectivity index (χ1v) is 2.59. The average molecular weight is 158 g/mol. The largest absolute Gasteiger partial charge is 0.412 e. The van der Waals surface area contributed by atoms with Crippen molar-refractivity contribution >= 4 is 23.9 Å². The van der Waals surface area contributed by atoms with Crippen molar-refractivity contribution in [3.8, 4) is 0 Å². The molecule has 0 saturated heterocycles. The zero-order valence-electron chi connectivity index (χ0n) is 5.46. The molecule has 0 fully saturated rings. The fraction of sp³-hybridized carbons (Fsp3) is 0.200. The van der Waals surface area contributed by atoms with E-state index in [4.69, 9.17) is 0 Å². The van der Waals surface area contributed by atoms with Gasteiger partial charge in [-0.2, -0.15) is 4.99 Å². The third-order valence-electron chi connectivity index (χ3n) is 0.969. The molecule has 3 N–H and O–H groups in total. The lowest BCUT2D eigenvalue weighted by Gasteiger charge is -2.04. The Kier molecular flexibility index (Phi) is 3.06. The molecule has 0 unspecified atom stereocenters. The van der Waals surface area contributed by atoms with Gasteiger partial charge in [0.05, 0.1) is 12.1 Å². The molecule has 0 spiro atoms. The molecule has 1 heterocycles. The number of amides is 3. The van der Waals surface area contributed by atoms with E-state index >= 15 is 0 Å². The zero-order chi connectivity index (χ0) is 7.56. The molecule has 0 aromatic carbocycles. The molecule has 0 aromatic heterocycles. The summed E-state index contributed by atoms with van der Waals surface area (Å²) in [6.45, 7) is 0. The van der Waals surface area contributed by atoms with Crippen molar-refractivity contribution in [3.63, 3.8) is 0 Å². The van der Waals surface area contributed by atoms with Gasteiger partial charge in [0.25, 0.3) is 0 Å². The van der Waals surface area contributed by atoms with Gasteiger partial charge in [-0.3, -0.25) is 14.9 Å². The van der Waals surface area contributed by atoms with Gasteiger partial charge in [-0.25, -0.2) is 4.79 Å². The Morgan fingerprint density at radius 3 is 2.55 bits per heavy atom. The first-order valence-electron chi connectivity index (χ1n) is 2.59. The van der Waals surface area contributed by atoms with Crippen LogP contribution in [0.2, 0.25) is 0 Å². The number of carbonyl (C=O) groups excluding carboxylic acids is 3. The third-order valence-corrected chi connectivity index (χ3v) is 0.969. The number of aliphatic imine (C=N–C) groups is 1. The number of nitrogens with zero attached hydrogens (tertiary/aromatic N) is 1. The highest BCUT2D eigenvalue weighted by atomic mass is 16.2. The topological polar surface area (TPSA) is 107 Å². The van der Waals surface area contributed by atoms with Crippen LogP contribution in [0.25, 0.3) is 0 Å². The van der Waals surface area contributed by atoms with Crippen molar-refractivity contribution in [1.82, 2.24) is 5.32 Å². The number of nitrogens with one attached hydrogen (secondary N) is 1. The number of carbonyl (C=O) groups is 3. The number of hydrogen-bond acceptors (Lipinski definition) is 3. The second-order valence-electron chi connectivity index (χ2n) is 1.75. The molecule has 6 nitrogen and oxygen atoms in total. The van der Waals surface area contributed by atoms with E-state index in [2.05, 4.69) is 4.99 Å². The summed E-state index contributed by atoms with van der Waals surface area (Å²) < 4.78 is 0. The van der Waals surface area contributed by atoms with E-state index in [9.17, 15) is 14.4 Å². The van der Waals surface area contributed by atoms with Gasteiger partial charge in [0.15, 0.2) is 6.29 Å². The molecule has 0 aromatic rings. The number of aldehydes is 1. The van der Waals surface area contributed by atoms with Gasteiger partial charge in [0, 0.05) is 0 Å². The van der Waals surface area contributed by atoms with E-state index in [0.29, 0.717) is 6.29 Å². The van der Waals surface area contributed by atoms with Crippen molar-refractivity contribution in [1.29, 1.82) is 0 Å². The van der Waals surface area contributed by atoms with Crippen molar-refractivity contribution in [2.45, 2.75) is 6.42 Å². The van der Waals surface area contributed by atoms with E-state index in [1.54, 1.807) is 0 Å². The standard InChI is InChI=1S/C5H4N2O3.H2O/c8-2-3-1-4(9)7-5(10)6-3;/h2H,1H2,(H,7,9,10);1H2. The number of rotatable bonds is 1. The Bertz CT molecular complexity index is 233. The summed E-state index contributed by atoms with van der Waals surface area (Å²) in [5.41, 5.74) is -0.0197. The molecule has 11 heavy (non-hydrogen) atoms. The van der Waals surface area contributed by atoms with Crippen LogP contribution in [0, 0.1) is 0 Å². The lowest BCUT2D eigenvalue weighted by Crippen LogP contribution is -2.35. The molecular weight excluding hydrogens is 152 g/mol. The van der Waals surface area contributed by atoms with Crippen molar-refractivity contribution in [2.75, 3.05) is 0 Å². The van der Waals surface area contributed by atoms with Crippen LogP contribution in [0.1, 0.15) is 6.42 Å². The smallest absolute Gasteiger partial charge is 0.347 e. The van der Waals surface area contributed by atoms with Gasteiger partial charge in [0.1, 0.15) is 0 Å². The van der Waals surface area contributed by atoms with E-state index in [1.807, 2.05) is 5.32 Å².